The third-order valence-corrected chi connectivity index (χ3v) is 5.79. The maximum Gasteiger partial charge on any atom is 0.324 e. The topological polar surface area (TPSA) is 93.1 Å². The highest BCUT2D eigenvalue weighted by molar-refractivity contribution is 9.10. The Bertz CT molecular complexity index is 897. The molecule has 0 atom stereocenters. The minimum absolute atomic E-state index is 0.0686. The average Bonchev–Trinajstić information content (AvgIpc) is 2.60. The van der Waals surface area contributed by atoms with Crippen LogP contribution < -0.4 is 13.8 Å². The maximum absolute atomic E-state index is 13.0. The van der Waals surface area contributed by atoms with Crippen molar-refractivity contribution in [3.8, 4) is 11.5 Å². The van der Waals surface area contributed by atoms with Gasteiger partial charge in [-0.3, -0.25) is 9.10 Å². The lowest BCUT2D eigenvalue weighted by molar-refractivity contribution is -0.135. The van der Waals surface area contributed by atoms with Gasteiger partial charge in [0.1, 0.15) is 19.8 Å². The normalized spacial score (nSPS) is 13.3. The Morgan fingerprint density at radius 2 is 1.72 bits per heavy atom. The number of hydrogen-bond acceptors (Lipinski definition) is 5. The minimum atomic E-state index is -4.09. The van der Waals surface area contributed by atoms with Crippen molar-refractivity contribution in [2.45, 2.75) is 4.90 Å². The number of halogens is 1. The van der Waals surface area contributed by atoms with Crippen LogP contribution in [0, 0.1) is 0 Å². The molecular formula is C16H14BrNO6S. The summed E-state index contributed by atoms with van der Waals surface area (Å²) in [5, 5.41) is 9.14. The molecule has 0 aromatic heterocycles. The molecular weight excluding hydrogens is 414 g/mol. The van der Waals surface area contributed by atoms with Gasteiger partial charge >= 0.3 is 5.97 Å². The van der Waals surface area contributed by atoms with Crippen LogP contribution in [0.25, 0.3) is 0 Å². The molecule has 0 spiro atoms. The van der Waals surface area contributed by atoms with Crippen LogP contribution in [0.3, 0.4) is 0 Å². The van der Waals surface area contributed by atoms with Crippen molar-refractivity contribution in [3.63, 3.8) is 0 Å². The van der Waals surface area contributed by atoms with Gasteiger partial charge in [-0.25, -0.2) is 8.42 Å². The van der Waals surface area contributed by atoms with E-state index in [1.165, 1.54) is 30.3 Å². The van der Waals surface area contributed by atoms with Crippen LogP contribution in [0.15, 0.2) is 51.8 Å². The van der Waals surface area contributed by atoms with Crippen LogP contribution in [-0.2, 0) is 14.8 Å². The Labute approximate surface area is 153 Å². The van der Waals surface area contributed by atoms with Crippen LogP contribution in [-0.4, -0.2) is 39.3 Å². The molecule has 1 N–H and O–H groups in total. The number of rotatable bonds is 5. The molecule has 1 aliphatic heterocycles. The molecule has 0 saturated heterocycles. The van der Waals surface area contributed by atoms with Gasteiger partial charge < -0.3 is 14.6 Å². The Hall–Kier alpha value is -2.26. The van der Waals surface area contributed by atoms with E-state index in [2.05, 4.69) is 15.9 Å². The molecule has 1 heterocycles. The molecule has 0 bridgehead atoms. The molecule has 0 saturated carbocycles. The van der Waals surface area contributed by atoms with Crippen LogP contribution in [0.2, 0.25) is 0 Å². The maximum atomic E-state index is 13.0. The van der Waals surface area contributed by atoms with E-state index in [4.69, 9.17) is 14.6 Å². The number of carboxylic acids is 1. The molecule has 0 radical (unpaired) electrons. The van der Waals surface area contributed by atoms with E-state index >= 15 is 0 Å². The fourth-order valence-corrected chi connectivity index (χ4v) is 4.05. The Balaban J connectivity index is 2.04. The van der Waals surface area contributed by atoms with Crippen molar-refractivity contribution < 1.29 is 27.8 Å². The lowest BCUT2D eigenvalue weighted by Gasteiger charge is -2.24. The molecule has 3 rings (SSSR count). The van der Waals surface area contributed by atoms with E-state index in [-0.39, 0.29) is 10.6 Å². The third kappa shape index (κ3) is 3.72. The SMILES string of the molecule is O=C(O)CN(c1ccc(Br)cc1)S(=O)(=O)c1ccc2c(c1)OCCO2. The number of sulfonamides is 1. The number of ether oxygens (including phenoxy) is 2. The standard InChI is InChI=1S/C16H14BrNO6S/c17-11-1-3-12(4-2-11)18(10-16(19)20)25(21,22)13-5-6-14-15(9-13)24-8-7-23-14/h1-6,9H,7-8,10H2,(H,19,20). The summed E-state index contributed by atoms with van der Waals surface area (Å²) in [4.78, 5) is 11.1. The molecule has 1 aliphatic rings. The number of benzene rings is 2. The molecule has 132 valence electrons. The summed E-state index contributed by atoms with van der Waals surface area (Å²) in [6, 6.07) is 10.6. The third-order valence-electron chi connectivity index (χ3n) is 3.50. The highest BCUT2D eigenvalue weighted by atomic mass is 79.9. The Kier molecular flexibility index (Phi) is 4.87. The summed E-state index contributed by atoms with van der Waals surface area (Å²) in [6.07, 6.45) is 0. The zero-order chi connectivity index (χ0) is 18.0. The fraction of sp³-hybridized carbons (Fsp3) is 0.188. The second-order valence-corrected chi connectivity index (χ2v) is 7.97. The van der Waals surface area contributed by atoms with E-state index in [9.17, 15) is 13.2 Å². The number of aliphatic carboxylic acids is 1. The molecule has 2 aromatic carbocycles. The lowest BCUT2D eigenvalue weighted by atomic mass is 10.3. The van der Waals surface area contributed by atoms with Crippen molar-refractivity contribution in [2.24, 2.45) is 0 Å². The minimum Gasteiger partial charge on any atom is -0.486 e. The number of anilines is 1. The number of hydrogen-bond donors (Lipinski definition) is 1. The number of nitrogens with zero attached hydrogens (tertiary/aromatic N) is 1. The van der Waals surface area contributed by atoms with Gasteiger partial charge in [0.05, 0.1) is 10.6 Å². The smallest absolute Gasteiger partial charge is 0.324 e. The van der Waals surface area contributed by atoms with Gasteiger partial charge in [-0.05, 0) is 36.4 Å². The lowest BCUT2D eigenvalue weighted by Crippen LogP contribution is -2.35. The summed E-state index contributed by atoms with van der Waals surface area (Å²) in [6.45, 7) is 0.0175. The first-order chi connectivity index (χ1) is 11.9. The zero-order valence-electron chi connectivity index (χ0n) is 12.9. The van der Waals surface area contributed by atoms with Crippen molar-refractivity contribution in [1.29, 1.82) is 0 Å². The first-order valence-electron chi connectivity index (χ1n) is 7.28. The van der Waals surface area contributed by atoms with E-state index in [0.29, 0.717) is 24.7 Å². The fourth-order valence-electron chi connectivity index (χ4n) is 2.36. The second-order valence-electron chi connectivity index (χ2n) is 5.19. The van der Waals surface area contributed by atoms with Gasteiger partial charge in [-0.1, -0.05) is 15.9 Å². The molecule has 7 nitrogen and oxygen atoms in total. The summed E-state index contributed by atoms with van der Waals surface area (Å²) in [7, 11) is -4.09. The van der Waals surface area contributed by atoms with E-state index < -0.39 is 22.5 Å². The molecule has 0 aliphatic carbocycles. The van der Waals surface area contributed by atoms with Crippen molar-refractivity contribution in [1.82, 2.24) is 0 Å². The van der Waals surface area contributed by atoms with Crippen LogP contribution in [0.4, 0.5) is 5.69 Å². The first kappa shape index (κ1) is 17.6. The van der Waals surface area contributed by atoms with Gasteiger partial charge in [0.25, 0.3) is 10.0 Å². The quantitative estimate of drug-likeness (QED) is 0.787. The van der Waals surface area contributed by atoms with Gasteiger partial charge in [-0.15, -0.1) is 0 Å². The molecule has 2 aromatic rings. The summed E-state index contributed by atoms with van der Waals surface area (Å²) in [5.41, 5.74) is 0.250. The molecule has 0 amide bonds. The molecule has 0 unspecified atom stereocenters. The van der Waals surface area contributed by atoms with Crippen LogP contribution >= 0.6 is 15.9 Å². The van der Waals surface area contributed by atoms with Crippen molar-refractivity contribution >= 4 is 37.6 Å². The van der Waals surface area contributed by atoms with Crippen molar-refractivity contribution in [3.05, 3.63) is 46.9 Å². The molecule has 0 fully saturated rings. The predicted octanol–water partition coefficient (Wildman–Crippen LogP) is 2.50. The van der Waals surface area contributed by atoms with E-state index in [1.54, 1.807) is 12.1 Å². The monoisotopic (exact) mass is 427 g/mol. The Morgan fingerprint density at radius 1 is 1.08 bits per heavy atom. The first-order valence-corrected chi connectivity index (χ1v) is 9.51. The second kappa shape index (κ2) is 6.93. The van der Waals surface area contributed by atoms with Gasteiger partial charge in [0.15, 0.2) is 11.5 Å². The summed E-state index contributed by atoms with van der Waals surface area (Å²) >= 11 is 3.27. The van der Waals surface area contributed by atoms with E-state index in [0.717, 1.165) is 8.78 Å². The Morgan fingerprint density at radius 3 is 2.36 bits per heavy atom. The molecule has 25 heavy (non-hydrogen) atoms. The van der Waals surface area contributed by atoms with Gasteiger partial charge in [0.2, 0.25) is 0 Å². The van der Waals surface area contributed by atoms with Crippen molar-refractivity contribution in [2.75, 3.05) is 24.1 Å². The highest BCUT2D eigenvalue weighted by Crippen LogP contribution is 2.34. The zero-order valence-corrected chi connectivity index (χ0v) is 15.3. The summed E-state index contributed by atoms with van der Waals surface area (Å²) < 4.78 is 38.4. The predicted molar refractivity (Wildman–Crippen MR) is 93.7 cm³/mol. The summed E-state index contributed by atoms with van der Waals surface area (Å²) in [5.74, 6) is -0.485. The number of carbonyl (C=O) groups is 1. The highest BCUT2D eigenvalue weighted by Gasteiger charge is 2.28. The van der Waals surface area contributed by atoms with Crippen LogP contribution in [0.1, 0.15) is 0 Å². The van der Waals surface area contributed by atoms with Crippen LogP contribution in [0.5, 0.6) is 11.5 Å². The largest absolute Gasteiger partial charge is 0.486 e. The van der Waals surface area contributed by atoms with Gasteiger partial charge in [0, 0.05) is 10.5 Å². The van der Waals surface area contributed by atoms with Gasteiger partial charge in [-0.2, -0.15) is 0 Å². The number of carboxylic acid groups (broad SMARTS) is 1. The molecule has 9 heteroatoms. The number of fused-ring (bicyclic) bond motifs is 1. The average molecular weight is 428 g/mol. The van der Waals surface area contributed by atoms with E-state index in [1.807, 2.05) is 0 Å².